The van der Waals surface area contributed by atoms with Crippen LogP contribution in [0, 0.1) is 0 Å². The van der Waals surface area contributed by atoms with Crippen molar-refractivity contribution in [1.82, 2.24) is 9.97 Å². The fourth-order valence-electron chi connectivity index (χ4n) is 1.42. The van der Waals surface area contributed by atoms with Crippen molar-refractivity contribution >= 4 is 11.6 Å². The van der Waals surface area contributed by atoms with Gasteiger partial charge in [0.25, 0.3) is 0 Å². The number of nitrogen functional groups attached to an aromatic ring is 1. The Kier molecular flexibility index (Phi) is 4.28. The van der Waals surface area contributed by atoms with Gasteiger partial charge >= 0.3 is 0 Å². The summed E-state index contributed by atoms with van der Waals surface area (Å²) in [6.45, 7) is 8.83. The van der Waals surface area contributed by atoms with E-state index in [0.29, 0.717) is 12.4 Å². The topological polar surface area (TPSA) is 73.1 Å². The number of hydrogen-bond acceptors (Lipinski definition) is 5. The Morgan fingerprint density at radius 1 is 1.41 bits per heavy atom. The summed E-state index contributed by atoms with van der Waals surface area (Å²) < 4.78 is 5.07. The number of rotatable bonds is 4. The molecule has 0 spiro atoms. The molecule has 0 saturated heterocycles. The second-order valence-electron chi connectivity index (χ2n) is 5.25. The minimum atomic E-state index is -0.115. The van der Waals surface area contributed by atoms with Crippen molar-refractivity contribution in [3.63, 3.8) is 0 Å². The van der Waals surface area contributed by atoms with E-state index in [0.717, 1.165) is 11.6 Å². The molecule has 0 aliphatic rings. The molecular formula is C12H22N4O. The molecule has 5 nitrogen and oxygen atoms in total. The molecule has 0 aromatic carbocycles. The first-order valence-corrected chi connectivity index (χ1v) is 5.73. The zero-order valence-electron chi connectivity index (χ0n) is 11.2. The first-order chi connectivity index (χ1) is 7.82. The highest BCUT2D eigenvalue weighted by atomic mass is 16.5. The molecule has 0 bridgehead atoms. The highest BCUT2D eigenvalue weighted by molar-refractivity contribution is 5.45. The number of aromatic nitrogens is 2. The zero-order valence-corrected chi connectivity index (χ0v) is 11.2. The number of nitrogens with one attached hydrogen (secondary N) is 1. The number of methoxy groups -OCH3 is 1. The van der Waals surface area contributed by atoms with Crippen molar-refractivity contribution in [3.8, 4) is 0 Å². The van der Waals surface area contributed by atoms with Crippen LogP contribution in [0.2, 0.25) is 0 Å². The Labute approximate surface area is 103 Å². The van der Waals surface area contributed by atoms with Gasteiger partial charge in [-0.05, 0) is 6.92 Å². The van der Waals surface area contributed by atoms with Crippen molar-refractivity contribution < 1.29 is 4.74 Å². The second-order valence-corrected chi connectivity index (χ2v) is 5.25. The van der Waals surface area contributed by atoms with Crippen molar-refractivity contribution in [2.75, 3.05) is 24.8 Å². The molecule has 5 heteroatoms. The van der Waals surface area contributed by atoms with Gasteiger partial charge in [0.1, 0.15) is 17.5 Å². The van der Waals surface area contributed by atoms with Gasteiger partial charge in [-0.15, -0.1) is 0 Å². The Bertz CT molecular complexity index is 373. The minimum absolute atomic E-state index is 0.115. The number of hydrogen-bond donors (Lipinski definition) is 2. The van der Waals surface area contributed by atoms with Crippen molar-refractivity contribution in [2.45, 2.75) is 39.2 Å². The maximum absolute atomic E-state index is 5.78. The average molecular weight is 238 g/mol. The van der Waals surface area contributed by atoms with Crippen molar-refractivity contribution in [3.05, 3.63) is 11.9 Å². The summed E-state index contributed by atoms with van der Waals surface area (Å²) >= 11 is 0. The Hall–Kier alpha value is -1.36. The molecule has 0 aliphatic carbocycles. The fraction of sp³-hybridized carbons (Fsp3) is 0.667. The normalized spacial score (nSPS) is 13.5. The first kappa shape index (κ1) is 13.7. The summed E-state index contributed by atoms with van der Waals surface area (Å²) in [5.74, 6) is 1.97. The van der Waals surface area contributed by atoms with Crippen molar-refractivity contribution in [2.24, 2.45) is 0 Å². The zero-order chi connectivity index (χ0) is 13.1. The molecule has 0 fully saturated rings. The summed E-state index contributed by atoms with van der Waals surface area (Å²) in [6.07, 6.45) is 0. The quantitative estimate of drug-likeness (QED) is 0.836. The number of nitrogens with two attached hydrogens (primary N) is 1. The molecule has 0 saturated carbocycles. The summed E-state index contributed by atoms with van der Waals surface area (Å²) in [5.41, 5.74) is 5.67. The highest BCUT2D eigenvalue weighted by Crippen LogP contribution is 2.21. The largest absolute Gasteiger partial charge is 0.384 e. The van der Waals surface area contributed by atoms with Crippen LogP contribution in [0.3, 0.4) is 0 Å². The van der Waals surface area contributed by atoms with E-state index in [2.05, 4.69) is 36.1 Å². The summed E-state index contributed by atoms with van der Waals surface area (Å²) in [6, 6.07) is 1.92. The Morgan fingerprint density at radius 3 is 2.59 bits per heavy atom. The lowest BCUT2D eigenvalue weighted by Crippen LogP contribution is -2.24. The van der Waals surface area contributed by atoms with Gasteiger partial charge in [0.2, 0.25) is 0 Å². The van der Waals surface area contributed by atoms with Gasteiger partial charge in [0.15, 0.2) is 0 Å². The van der Waals surface area contributed by atoms with Crippen LogP contribution in [-0.2, 0) is 10.2 Å². The van der Waals surface area contributed by atoms with E-state index in [1.165, 1.54) is 0 Å². The average Bonchev–Trinajstić information content (AvgIpc) is 2.15. The molecule has 1 atom stereocenters. The molecule has 3 N–H and O–H groups in total. The van der Waals surface area contributed by atoms with Gasteiger partial charge in [0, 0.05) is 24.6 Å². The van der Waals surface area contributed by atoms with Gasteiger partial charge in [0.05, 0.1) is 6.61 Å². The molecule has 1 rings (SSSR count). The third kappa shape index (κ3) is 4.19. The monoisotopic (exact) mass is 238 g/mol. The summed E-state index contributed by atoms with van der Waals surface area (Å²) in [5, 5.41) is 3.24. The van der Waals surface area contributed by atoms with Crippen LogP contribution in [-0.4, -0.2) is 29.7 Å². The van der Waals surface area contributed by atoms with Gasteiger partial charge in [-0.1, -0.05) is 20.8 Å². The van der Waals surface area contributed by atoms with E-state index < -0.39 is 0 Å². The lowest BCUT2D eigenvalue weighted by atomic mass is 9.96. The lowest BCUT2D eigenvalue weighted by molar-refractivity contribution is 0.190. The minimum Gasteiger partial charge on any atom is -0.384 e. The van der Waals surface area contributed by atoms with Crippen LogP contribution in [0.1, 0.15) is 33.5 Å². The van der Waals surface area contributed by atoms with Crippen molar-refractivity contribution in [1.29, 1.82) is 0 Å². The van der Waals surface area contributed by atoms with Gasteiger partial charge < -0.3 is 15.8 Å². The van der Waals surface area contributed by atoms with Gasteiger partial charge in [-0.3, -0.25) is 0 Å². The predicted octanol–water partition coefficient (Wildman–Crippen LogP) is 1.80. The third-order valence-corrected chi connectivity index (χ3v) is 2.23. The molecule has 0 aliphatic heterocycles. The SMILES string of the molecule is COCC(C)Nc1cc(N)nc(C(C)(C)C)n1. The third-order valence-electron chi connectivity index (χ3n) is 2.23. The van der Waals surface area contributed by atoms with E-state index >= 15 is 0 Å². The van der Waals surface area contributed by atoms with Gasteiger partial charge in [-0.25, -0.2) is 9.97 Å². The molecule has 17 heavy (non-hydrogen) atoms. The van der Waals surface area contributed by atoms with E-state index in [-0.39, 0.29) is 11.5 Å². The van der Waals surface area contributed by atoms with Crippen LogP contribution >= 0.6 is 0 Å². The maximum Gasteiger partial charge on any atom is 0.138 e. The molecule has 0 radical (unpaired) electrons. The molecule has 96 valence electrons. The summed E-state index contributed by atoms with van der Waals surface area (Å²) in [4.78, 5) is 8.72. The molecular weight excluding hydrogens is 216 g/mol. The number of anilines is 2. The van der Waals surface area contributed by atoms with Crippen LogP contribution in [0.4, 0.5) is 11.6 Å². The molecule has 1 unspecified atom stereocenters. The Morgan fingerprint density at radius 2 is 2.06 bits per heavy atom. The van der Waals surface area contributed by atoms with E-state index in [9.17, 15) is 0 Å². The first-order valence-electron chi connectivity index (χ1n) is 5.73. The standard InChI is InChI=1S/C12H22N4O/c1-8(7-17-5)14-10-6-9(13)15-11(16-10)12(2,3)4/h6,8H,7H2,1-5H3,(H3,13,14,15,16). The van der Waals surface area contributed by atoms with E-state index in [1.807, 2.05) is 6.92 Å². The van der Waals surface area contributed by atoms with Crippen LogP contribution in [0.15, 0.2) is 6.07 Å². The molecule has 1 heterocycles. The van der Waals surface area contributed by atoms with E-state index in [4.69, 9.17) is 10.5 Å². The number of nitrogens with zero attached hydrogens (tertiary/aromatic N) is 2. The summed E-state index contributed by atoms with van der Waals surface area (Å²) in [7, 11) is 1.67. The maximum atomic E-state index is 5.78. The molecule has 1 aromatic heterocycles. The van der Waals surface area contributed by atoms with Crippen LogP contribution in [0.5, 0.6) is 0 Å². The van der Waals surface area contributed by atoms with Gasteiger partial charge in [-0.2, -0.15) is 0 Å². The fourth-order valence-corrected chi connectivity index (χ4v) is 1.42. The smallest absolute Gasteiger partial charge is 0.138 e. The lowest BCUT2D eigenvalue weighted by Gasteiger charge is -2.19. The van der Waals surface area contributed by atoms with Crippen LogP contribution < -0.4 is 11.1 Å². The Balaban J connectivity index is 2.90. The number of ether oxygens (including phenoxy) is 1. The second kappa shape index (κ2) is 5.31. The molecule has 0 amide bonds. The highest BCUT2D eigenvalue weighted by Gasteiger charge is 2.18. The molecule has 1 aromatic rings. The predicted molar refractivity (Wildman–Crippen MR) is 70.1 cm³/mol. The van der Waals surface area contributed by atoms with E-state index in [1.54, 1.807) is 13.2 Å². The van der Waals surface area contributed by atoms with Crippen LogP contribution in [0.25, 0.3) is 0 Å².